The summed E-state index contributed by atoms with van der Waals surface area (Å²) in [6.07, 6.45) is -2.65. The highest BCUT2D eigenvalue weighted by atomic mass is 79.9. The van der Waals surface area contributed by atoms with Crippen molar-refractivity contribution in [3.05, 3.63) is 28.1 Å². The Hall–Kier alpha value is -1.64. The lowest BCUT2D eigenvalue weighted by Gasteiger charge is -2.10. The number of rotatable bonds is 2. The highest BCUT2D eigenvalue weighted by Crippen LogP contribution is 2.34. The fraction of sp³-hybridized carbons (Fsp3) is 0.300. The second-order valence-corrected chi connectivity index (χ2v) is 4.32. The van der Waals surface area contributed by atoms with Gasteiger partial charge in [-0.05, 0) is 22.9 Å². The summed E-state index contributed by atoms with van der Waals surface area (Å²) in [6, 6.07) is 0. The molecule has 19 heavy (non-hydrogen) atoms. The van der Waals surface area contributed by atoms with Gasteiger partial charge in [0.1, 0.15) is 5.56 Å². The zero-order valence-electron chi connectivity index (χ0n) is 9.53. The molecule has 0 fully saturated rings. The van der Waals surface area contributed by atoms with Gasteiger partial charge in [0.25, 0.3) is 0 Å². The molecule has 0 aliphatic heterocycles. The van der Waals surface area contributed by atoms with Crippen LogP contribution in [0, 0.1) is 0 Å². The molecule has 0 spiro atoms. The minimum absolute atomic E-state index is 0.110. The largest absolute Gasteiger partial charge is 0.462 e. The molecule has 2 rings (SSSR count). The Bertz CT molecular complexity index is 639. The van der Waals surface area contributed by atoms with Gasteiger partial charge in [0.2, 0.25) is 0 Å². The second-order valence-electron chi connectivity index (χ2n) is 3.47. The maximum Gasteiger partial charge on any atom is 0.434 e. The van der Waals surface area contributed by atoms with Crippen LogP contribution in [-0.4, -0.2) is 27.2 Å². The summed E-state index contributed by atoms with van der Waals surface area (Å²) < 4.78 is 43.7. The maximum atomic E-state index is 12.9. The summed E-state index contributed by atoms with van der Waals surface area (Å²) in [5.41, 5.74) is -1.35. The Labute approximate surface area is 113 Å². The average Bonchev–Trinajstić information content (AvgIpc) is 2.70. The van der Waals surface area contributed by atoms with Crippen molar-refractivity contribution in [1.29, 1.82) is 0 Å². The Morgan fingerprint density at radius 2 is 2.16 bits per heavy atom. The summed E-state index contributed by atoms with van der Waals surface area (Å²) in [5.74, 6) is -0.763. The number of ether oxygens (including phenoxy) is 1. The molecule has 2 aromatic heterocycles. The van der Waals surface area contributed by atoms with Crippen LogP contribution in [0.2, 0.25) is 0 Å². The quantitative estimate of drug-likeness (QED) is 0.790. The van der Waals surface area contributed by atoms with Gasteiger partial charge in [-0.2, -0.15) is 18.3 Å². The van der Waals surface area contributed by atoms with Crippen LogP contribution >= 0.6 is 15.9 Å². The maximum absolute atomic E-state index is 12.9. The van der Waals surface area contributed by atoms with Gasteiger partial charge in [0, 0.05) is 6.20 Å². The van der Waals surface area contributed by atoms with Crippen LogP contribution in [0.1, 0.15) is 23.0 Å². The molecule has 0 saturated carbocycles. The van der Waals surface area contributed by atoms with Crippen molar-refractivity contribution >= 4 is 27.5 Å². The highest BCUT2D eigenvalue weighted by Gasteiger charge is 2.37. The number of esters is 1. The molecule has 102 valence electrons. The van der Waals surface area contributed by atoms with Crippen LogP contribution in [0.25, 0.3) is 5.65 Å². The molecule has 0 aromatic carbocycles. The lowest BCUT2D eigenvalue weighted by atomic mass is 10.3. The Morgan fingerprint density at radius 1 is 1.47 bits per heavy atom. The molecule has 0 radical (unpaired) electrons. The van der Waals surface area contributed by atoms with Crippen molar-refractivity contribution in [3.63, 3.8) is 0 Å². The molecule has 2 heterocycles. The van der Waals surface area contributed by atoms with Crippen molar-refractivity contribution in [2.75, 3.05) is 6.61 Å². The Morgan fingerprint density at radius 3 is 2.74 bits per heavy atom. The number of carbonyl (C=O) groups is 1. The molecule has 9 heteroatoms. The first-order valence-electron chi connectivity index (χ1n) is 5.12. The van der Waals surface area contributed by atoms with E-state index in [9.17, 15) is 18.0 Å². The van der Waals surface area contributed by atoms with Crippen LogP contribution in [0.3, 0.4) is 0 Å². The molecule has 2 aromatic rings. The number of fused-ring (bicyclic) bond motifs is 1. The monoisotopic (exact) mass is 337 g/mol. The van der Waals surface area contributed by atoms with E-state index in [-0.39, 0.29) is 22.3 Å². The Kier molecular flexibility index (Phi) is 3.48. The summed E-state index contributed by atoms with van der Waals surface area (Å²) in [6.45, 7) is 1.70. The predicted octanol–water partition coefficient (Wildman–Crippen LogP) is 2.69. The number of nitrogens with zero attached hydrogens (tertiary/aromatic N) is 3. The Balaban J connectivity index is 2.67. The van der Waals surface area contributed by atoms with Crippen LogP contribution in [0.15, 0.2) is 16.9 Å². The van der Waals surface area contributed by atoms with E-state index in [1.54, 1.807) is 6.92 Å². The predicted molar refractivity (Wildman–Crippen MR) is 61.6 cm³/mol. The molecule has 0 N–H and O–H groups in total. The van der Waals surface area contributed by atoms with Crippen LogP contribution in [0.4, 0.5) is 13.2 Å². The minimum atomic E-state index is -4.63. The van der Waals surface area contributed by atoms with Crippen molar-refractivity contribution < 1.29 is 22.7 Å². The van der Waals surface area contributed by atoms with Gasteiger partial charge in [-0.25, -0.2) is 14.3 Å². The number of halogens is 4. The number of alkyl halides is 3. The van der Waals surface area contributed by atoms with Crippen molar-refractivity contribution in [1.82, 2.24) is 14.6 Å². The van der Waals surface area contributed by atoms with Crippen LogP contribution in [0.5, 0.6) is 0 Å². The molecule has 0 unspecified atom stereocenters. The molecular formula is C10H7BrF3N3O2. The van der Waals surface area contributed by atoms with Crippen LogP contribution < -0.4 is 0 Å². The summed E-state index contributed by atoms with van der Waals surface area (Å²) in [4.78, 5) is 15.3. The van der Waals surface area contributed by atoms with E-state index in [0.29, 0.717) is 4.52 Å². The van der Waals surface area contributed by atoms with Gasteiger partial charge < -0.3 is 4.74 Å². The third-order valence-corrected chi connectivity index (χ3v) is 2.83. The highest BCUT2D eigenvalue weighted by molar-refractivity contribution is 9.10. The second kappa shape index (κ2) is 4.80. The molecule has 0 aliphatic carbocycles. The summed E-state index contributed by atoms with van der Waals surface area (Å²) in [5, 5.41) is 3.55. The molecule has 5 nitrogen and oxygen atoms in total. The smallest absolute Gasteiger partial charge is 0.434 e. The minimum Gasteiger partial charge on any atom is -0.462 e. The fourth-order valence-electron chi connectivity index (χ4n) is 1.52. The third kappa shape index (κ3) is 2.42. The lowest BCUT2D eigenvalue weighted by molar-refractivity contribution is -0.143. The molecule has 0 atom stereocenters. The van der Waals surface area contributed by atoms with Crippen molar-refractivity contribution in [2.45, 2.75) is 13.1 Å². The zero-order chi connectivity index (χ0) is 14.2. The fourth-order valence-corrected chi connectivity index (χ4v) is 2.01. The molecular weight excluding hydrogens is 331 g/mol. The first-order chi connectivity index (χ1) is 8.86. The van der Waals surface area contributed by atoms with E-state index in [1.165, 1.54) is 0 Å². The first-order valence-corrected chi connectivity index (χ1v) is 5.92. The lowest BCUT2D eigenvalue weighted by Crippen LogP contribution is -2.14. The normalized spacial score (nSPS) is 11.8. The van der Waals surface area contributed by atoms with Gasteiger partial charge in [0.15, 0.2) is 11.3 Å². The van der Waals surface area contributed by atoms with E-state index in [4.69, 9.17) is 4.74 Å². The zero-order valence-corrected chi connectivity index (χ0v) is 11.1. The van der Waals surface area contributed by atoms with Gasteiger partial charge in [-0.15, -0.1) is 0 Å². The van der Waals surface area contributed by atoms with Gasteiger partial charge >= 0.3 is 12.1 Å². The standard InChI is InChI=1S/C10H7BrF3N3O2/c1-2-19-9(18)5-3-16-17-7(10(12,13)14)6(11)4-15-8(5)17/h3-4H,2H2,1H3. The topological polar surface area (TPSA) is 56.5 Å². The van der Waals surface area contributed by atoms with Gasteiger partial charge in [-0.1, -0.05) is 0 Å². The molecule has 0 amide bonds. The van der Waals surface area contributed by atoms with Crippen LogP contribution in [-0.2, 0) is 10.9 Å². The number of hydrogen-bond acceptors (Lipinski definition) is 4. The van der Waals surface area contributed by atoms with Crippen molar-refractivity contribution in [3.8, 4) is 0 Å². The van der Waals surface area contributed by atoms with E-state index < -0.39 is 17.8 Å². The first kappa shape index (κ1) is 13.8. The summed E-state index contributed by atoms with van der Waals surface area (Å²) >= 11 is 2.77. The van der Waals surface area contributed by atoms with E-state index >= 15 is 0 Å². The number of carbonyl (C=O) groups excluding carboxylic acids is 1. The van der Waals surface area contributed by atoms with E-state index in [1.807, 2.05) is 0 Å². The summed E-state index contributed by atoms with van der Waals surface area (Å²) in [7, 11) is 0. The SMILES string of the molecule is CCOC(=O)c1cnn2c(C(F)(F)F)c(Br)cnc12. The van der Waals surface area contributed by atoms with Gasteiger partial charge in [0.05, 0.1) is 17.3 Å². The van der Waals surface area contributed by atoms with E-state index in [2.05, 4.69) is 26.0 Å². The van der Waals surface area contributed by atoms with Crippen molar-refractivity contribution in [2.24, 2.45) is 0 Å². The third-order valence-electron chi connectivity index (χ3n) is 2.25. The molecule has 0 saturated heterocycles. The average molecular weight is 338 g/mol. The number of aromatic nitrogens is 3. The molecule has 0 aliphatic rings. The molecule has 0 bridgehead atoms. The van der Waals surface area contributed by atoms with E-state index in [0.717, 1.165) is 12.4 Å². The number of hydrogen-bond donors (Lipinski definition) is 0. The van der Waals surface area contributed by atoms with Gasteiger partial charge in [-0.3, -0.25) is 0 Å².